The highest BCUT2D eigenvalue weighted by Crippen LogP contribution is 2.31. The van der Waals surface area contributed by atoms with Crippen LogP contribution in [0.4, 0.5) is 0 Å². The van der Waals surface area contributed by atoms with E-state index in [0.717, 1.165) is 0 Å². The Kier molecular flexibility index (Phi) is 3.34. The van der Waals surface area contributed by atoms with Crippen LogP contribution in [0.3, 0.4) is 0 Å². The number of hydrogen-bond donors (Lipinski definition) is 2. The smallest absolute Gasteiger partial charge is 0.123 e. The second-order valence-corrected chi connectivity index (χ2v) is 3.57. The lowest BCUT2D eigenvalue weighted by atomic mass is 10.0. The quantitative estimate of drug-likeness (QED) is 0.787. The van der Waals surface area contributed by atoms with Gasteiger partial charge < -0.3 is 10.8 Å². The third kappa shape index (κ3) is 2.16. The van der Waals surface area contributed by atoms with Crippen molar-refractivity contribution in [2.24, 2.45) is 5.73 Å². The molecule has 0 radical (unpaired) electrons. The molecule has 1 aromatic rings. The molecule has 1 aromatic carbocycles. The van der Waals surface area contributed by atoms with E-state index in [-0.39, 0.29) is 12.2 Å². The first-order chi connectivity index (χ1) is 6.56. The maximum absolute atomic E-state index is 9.67. The summed E-state index contributed by atoms with van der Waals surface area (Å²) in [4.78, 5) is 0. The number of rotatable bonds is 2. The monoisotopic (exact) mass is 210 g/mol. The molecule has 0 spiro atoms. The summed E-state index contributed by atoms with van der Waals surface area (Å²) in [5, 5.41) is 18.7. The van der Waals surface area contributed by atoms with Crippen LogP contribution in [0.15, 0.2) is 12.1 Å². The number of aromatic hydroxyl groups is 1. The number of halogens is 1. The summed E-state index contributed by atoms with van der Waals surface area (Å²) in [6.45, 7) is 1.74. The Labute approximate surface area is 87.7 Å². The predicted octanol–water partition coefficient (Wildman–Crippen LogP) is 2.27. The van der Waals surface area contributed by atoms with E-state index >= 15 is 0 Å². The maximum Gasteiger partial charge on any atom is 0.123 e. The molecule has 0 aromatic heterocycles. The minimum absolute atomic E-state index is 0.122. The van der Waals surface area contributed by atoms with Crippen LogP contribution < -0.4 is 5.73 Å². The first-order valence-corrected chi connectivity index (χ1v) is 4.55. The van der Waals surface area contributed by atoms with Gasteiger partial charge in [0, 0.05) is 16.6 Å². The lowest BCUT2D eigenvalue weighted by molar-refractivity contribution is 0.458. The Morgan fingerprint density at radius 2 is 2.29 bits per heavy atom. The summed E-state index contributed by atoms with van der Waals surface area (Å²) in [5.41, 5.74) is 6.90. The molecule has 0 heterocycles. The van der Waals surface area contributed by atoms with Gasteiger partial charge in [-0.05, 0) is 24.6 Å². The van der Waals surface area contributed by atoms with E-state index in [4.69, 9.17) is 22.6 Å². The number of aryl methyl sites for hydroxylation is 1. The van der Waals surface area contributed by atoms with Crippen molar-refractivity contribution < 1.29 is 5.11 Å². The fraction of sp³-hybridized carbons (Fsp3) is 0.300. The molecule has 74 valence electrons. The topological polar surface area (TPSA) is 70.0 Å². The normalized spacial score (nSPS) is 12.1. The molecule has 1 rings (SSSR count). The lowest BCUT2D eigenvalue weighted by Crippen LogP contribution is -2.09. The Morgan fingerprint density at radius 1 is 1.64 bits per heavy atom. The van der Waals surface area contributed by atoms with Gasteiger partial charge in [0.25, 0.3) is 0 Å². The molecule has 0 bridgehead atoms. The third-order valence-corrected chi connectivity index (χ3v) is 2.22. The summed E-state index contributed by atoms with van der Waals surface area (Å²) in [6.07, 6.45) is 0.160. The molecule has 14 heavy (non-hydrogen) atoms. The number of nitrogens with zero attached hydrogens (tertiary/aromatic N) is 1. The van der Waals surface area contributed by atoms with Gasteiger partial charge >= 0.3 is 0 Å². The van der Waals surface area contributed by atoms with Crippen LogP contribution in [-0.4, -0.2) is 5.11 Å². The van der Waals surface area contributed by atoms with E-state index in [1.807, 2.05) is 6.07 Å². The lowest BCUT2D eigenvalue weighted by Gasteiger charge is -2.12. The van der Waals surface area contributed by atoms with Gasteiger partial charge in [-0.2, -0.15) is 5.26 Å². The number of benzene rings is 1. The van der Waals surface area contributed by atoms with Gasteiger partial charge in [-0.25, -0.2) is 0 Å². The van der Waals surface area contributed by atoms with Crippen molar-refractivity contribution >= 4 is 11.6 Å². The fourth-order valence-corrected chi connectivity index (χ4v) is 1.53. The van der Waals surface area contributed by atoms with E-state index in [1.54, 1.807) is 19.1 Å². The molecule has 1 unspecified atom stereocenters. The molecule has 4 heteroatoms. The van der Waals surface area contributed by atoms with E-state index in [0.29, 0.717) is 16.1 Å². The highest BCUT2D eigenvalue weighted by Gasteiger charge is 2.13. The summed E-state index contributed by atoms with van der Waals surface area (Å²) < 4.78 is 0. The molecule has 0 aliphatic heterocycles. The Morgan fingerprint density at radius 3 is 2.86 bits per heavy atom. The molecule has 0 fully saturated rings. The number of nitrogens with two attached hydrogens (primary N) is 1. The number of hydrogen-bond acceptors (Lipinski definition) is 3. The van der Waals surface area contributed by atoms with E-state index in [1.165, 1.54) is 0 Å². The maximum atomic E-state index is 9.67. The molecule has 0 amide bonds. The average molecular weight is 211 g/mol. The van der Waals surface area contributed by atoms with Gasteiger partial charge in [0.05, 0.1) is 12.5 Å². The van der Waals surface area contributed by atoms with Crippen molar-refractivity contribution in [3.05, 3.63) is 28.3 Å². The average Bonchev–Trinajstić information content (AvgIpc) is 2.11. The van der Waals surface area contributed by atoms with E-state index in [9.17, 15) is 5.11 Å². The second kappa shape index (κ2) is 4.32. The van der Waals surface area contributed by atoms with Crippen molar-refractivity contribution in [3.63, 3.8) is 0 Å². The second-order valence-electron chi connectivity index (χ2n) is 3.13. The summed E-state index contributed by atoms with van der Waals surface area (Å²) in [5.74, 6) is 0.122. The summed E-state index contributed by atoms with van der Waals surface area (Å²) in [7, 11) is 0. The Bertz CT molecular complexity index is 384. The molecule has 0 saturated carbocycles. The fourth-order valence-electron chi connectivity index (χ4n) is 1.25. The highest BCUT2D eigenvalue weighted by atomic mass is 35.5. The zero-order valence-corrected chi connectivity index (χ0v) is 8.54. The van der Waals surface area contributed by atoms with Crippen LogP contribution in [0.25, 0.3) is 0 Å². The zero-order valence-electron chi connectivity index (χ0n) is 7.79. The summed E-state index contributed by atoms with van der Waals surface area (Å²) >= 11 is 5.82. The van der Waals surface area contributed by atoms with Crippen LogP contribution in [0.5, 0.6) is 5.75 Å². The molecule has 0 aliphatic carbocycles. The Hall–Kier alpha value is -1.24. The molecule has 3 nitrogen and oxygen atoms in total. The van der Waals surface area contributed by atoms with Gasteiger partial charge in [-0.3, -0.25) is 0 Å². The molecule has 3 N–H and O–H groups in total. The highest BCUT2D eigenvalue weighted by molar-refractivity contribution is 6.30. The zero-order chi connectivity index (χ0) is 10.7. The minimum Gasteiger partial charge on any atom is -0.507 e. The van der Waals surface area contributed by atoms with Gasteiger partial charge in [0.2, 0.25) is 0 Å². The number of nitriles is 1. The van der Waals surface area contributed by atoms with E-state index in [2.05, 4.69) is 0 Å². The molecule has 0 saturated heterocycles. The number of phenols is 1. The summed E-state index contributed by atoms with van der Waals surface area (Å²) in [6, 6.07) is 4.71. The Balaban J connectivity index is 3.14. The van der Waals surface area contributed by atoms with E-state index < -0.39 is 6.04 Å². The minimum atomic E-state index is -0.489. The van der Waals surface area contributed by atoms with Crippen molar-refractivity contribution in [3.8, 4) is 11.8 Å². The molecule has 0 aliphatic rings. The number of phenolic OH excluding ortho intramolecular Hbond substituents is 1. The van der Waals surface area contributed by atoms with Gasteiger partial charge in [-0.1, -0.05) is 11.6 Å². The van der Waals surface area contributed by atoms with Crippen LogP contribution in [0, 0.1) is 18.3 Å². The first kappa shape index (κ1) is 10.8. The van der Waals surface area contributed by atoms with Crippen LogP contribution in [0.1, 0.15) is 23.6 Å². The molecular weight excluding hydrogens is 200 g/mol. The van der Waals surface area contributed by atoms with Gasteiger partial charge in [-0.15, -0.1) is 0 Å². The third-order valence-electron chi connectivity index (χ3n) is 2.01. The van der Waals surface area contributed by atoms with Crippen molar-refractivity contribution in [1.29, 1.82) is 5.26 Å². The standard InChI is InChI=1S/C10H11ClN2O/c1-6-4-7(11)5-8(10(6)14)9(13)2-3-12/h4-5,9,14H,2,13H2,1H3. The van der Waals surface area contributed by atoms with Crippen LogP contribution in [0.2, 0.25) is 5.02 Å². The van der Waals surface area contributed by atoms with Crippen molar-refractivity contribution in [1.82, 2.24) is 0 Å². The van der Waals surface area contributed by atoms with Gasteiger partial charge in [0.15, 0.2) is 0 Å². The van der Waals surface area contributed by atoms with Gasteiger partial charge in [0.1, 0.15) is 5.75 Å². The van der Waals surface area contributed by atoms with Crippen LogP contribution >= 0.6 is 11.6 Å². The first-order valence-electron chi connectivity index (χ1n) is 4.17. The predicted molar refractivity (Wildman–Crippen MR) is 55.0 cm³/mol. The van der Waals surface area contributed by atoms with Crippen LogP contribution in [-0.2, 0) is 0 Å². The molecular formula is C10H11ClN2O. The SMILES string of the molecule is Cc1cc(Cl)cc(C(N)CC#N)c1O. The largest absolute Gasteiger partial charge is 0.507 e. The molecule has 1 atom stereocenters. The van der Waals surface area contributed by atoms with Crippen molar-refractivity contribution in [2.75, 3.05) is 0 Å². The van der Waals surface area contributed by atoms with Crippen molar-refractivity contribution in [2.45, 2.75) is 19.4 Å².